The highest BCUT2D eigenvalue weighted by molar-refractivity contribution is 9.10. The minimum absolute atomic E-state index is 0.320. The van der Waals surface area contributed by atoms with Crippen molar-refractivity contribution in [2.75, 3.05) is 31.1 Å². The number of sulfonamides is 1. The third-order valence-electron chi connectivity index (χ3n) is 4.82. The van der Waals surface area contributed by atoms with Gasteiger partial charge < -0.3 is 4.90 Å². The predicted octanol–water partition coefficient (Wildman–Crippen LogP) is 2.24. The third kappa shape index (κ3) is 3.18. The van der Waals surface area contributed by atoms with Gasteiger partial charge in [0.05, 0.1) is 10.6 Å². The molecule has 2 aliphatic rings. The van der Waals surface area contributed by atoms with Gasteiger partial charge in [0.15, 0.2) is 5.82 Å². The summed E-state index contributed by atoms with van der Waals surface area (Å²) in [5, 5.41) is 8.67. The quantitative estimate of drug-likeness (QED) is 0.758. The van der Waals surface area contributed by atoms with Gasteiger partial charge in [-0.2, -0.15) is 9.40 Å². The first kappa shape index (κ1) is 16.9. The summed E-state index contributed by atoms with van der Waals surface area (Å²) in [5.41, 5.74) is 2.40. The van der Waals surface area contributed by atoms with Crippen molar-refractivity contribution >= 4 is 31.8 Å². The molecule has 0 atom stereocenters. The van der Waals surface area contributed by atoms with Crippen LogP contribution in [0.4, 0.5) is 5.82 Å². The van der Waals surface area contributed by atoms with Gasteiger partial charge in [0.2, 0.25) is 10.0 Å². The molecule has 0 amide bonds. The summed E-state index contributed by atoms with van der Waals surface area (Å²) in [5.74, 6) is 0.860. The summed E-state index contributed by atoms with van der Waals surface area (Å²) in [4.78, 5) is 2.44. The second kappa shape index (κ2) is 6.66. The molecule has 0 N–H and O–H groups in total. The zero-order valence-electron chi connectivity index (χ0n) is 13.7. The highest BCUT2D eigenvalue weighted by Crippen LogP contribution is 2.27. The zero-order valence-corrected chi connectivity index (χ0v) is 16.1. The molecule has 1 aromatic heterocycles. The SMILES string of the molecule is O=S(=O)(c1ccccc1Br)N1CCN(c2cc3c(nn2)CCC3)CC1. The van der Waals surface area contributed by atoms with Gasteiger partial charge in [-0.3, -0.25) is 0 Å². The van der Waals surface area contributed by atoms with E-state index in [-0.39, 0.29) is 0 Å². The van der Waals surface area contributed by atoms with Crippen molar-refractivity contribution < 1.29 is 8.42 Å². The fourth-order valence-electron chi connectivity index (χ4n) is 3.42. The number of aryl methyl sites for hydroxylation is 2. The molecule has 132 valence electrons. The number of rotatable bonds is 3. The molecular formula is C17H19BrN4O2S. The molecule has 8 heteroatoms. The number of piperazine rings is 1. The highest BCUT2D eigenvalue weighted by Gasteiger charge is 2.30. The summed E-state index contributed by atoms with van der Waals surface area (Å²) in [6.45, 7) is 2.14. The van der Waals surface area contributed by atoms with E-state index in [9.17, 15) is 8.42 Å². The molecule has 1 aliphatic carbocycles. The Bertz CT molecular complexity index is 895. The molecule has 0 bridgehead atoms. The molecule has 2 heterocycles. The molecule has 0 unspecified atom stereocenters. The first-order valence-corrected chi connectivity index (χ1v) is 10.6. The van der Waals surface area contributed by atoms with E-state index in [0.717, 1.165) is 30.8 Å². The van der Waals surface area contributed by atoms with Crippen LogP contribution in [-0.4, -0.2) is 49.1 Å². The monoisotopic (exact) mass is 422 g/mol. The molecule has 2 aromatic rings. The van der Waals surface area contributed by atoms with E-state index in [2.05, 4.69) is 37.1 Å². The van der Waals surface area contributed by atoms with E-state index in [1.807, 2.05) is 6.07 Å². The Morgan fingerprint density at radius 1 is 1.00 bits per heavy atom. The van der Waals surface area contributed by atoms with Crippen LogP contribution in [0.2, 0.25) is 0 Å². The lowest BCUT2D eigenvalue weighted by Crippen LogP contribution is -2.49. The minimum Gasteiger partial charge on any atom is -0.352 e. The molecule has 6 nitrogen and oxygen atoms in total. The van der Waals surface area contributed by atoms with Crippen LogP contribution in [0.5, 0.6) is 0 Å². The van der Waals surface area contributed by atoms with Crippen molar-refractivity contribution in [1.29, 1.82) is 0 Å². The lowest BCUT2D eigenvalue weighted by molar-refractivity contribution is 0.383. The molecule has 4 rings (SSSR count). The topological polar surface area (TPSA) is 66.4 Å². The Hall–Kier alpha value is -1.51. The summed E-state index contributed by atoms with van der Waals surface area (Å²) in [6, 6.07) is 9.07. The zero-order chi connectivity index (χ0) is 17.4. The average molecular weight is 423 g/mol. The van der Waals surface area contributed by atoms with Gasteiger partial charge in [0, 0.05) is 30.7 Å². The van der Waals surface area contributed by atoms with Crippen molar-refractivity contribution in [2.45, 2.75) is 24.2 Å². The van der Waals surface area contributed by atoms with Gasteiger partial charge in [0.1, 0.15) is 0 Å². The number of aromatic nitrogens is 2. The van der Waals surface area contributed by atoms with Crippen molar-refractivity contribution in [3.8, 4) is 0 Å². The summed E-state index contributed by atoms with van der Waals surface area (Å²) in [7, 11) is -3.48. The average Bonchev–Trinajstić information content (AvgIpc) is 3.10. The van der Waals surface area contributed by atoms with E-state index in [4.69, 9.17) is 0 Å². The Labute approximate surface area is 156 Å². The van der Waals surface area contributed by atoms with E-state index in [0.29, 0.717) is 35.5 Å². The van der Waals surface area contributed by atoms with Crippen LogP contribution in [0.15, 0.2) is 39.7 Å². The largest absolute Gasteiger partial charge is 0.352 e. The van der Waals surface area contributed by atoms with Gasteiger partial charge in [-0.05, 0) is 59.0 Å². The van der Waals surface area contributed by atoms with Gasteiger partial charge in [-0.25, -0.2) is 8.42 Å². The summed E-state index contributed by atoms with van der Waals surface area (Å²) < 4.78 is 27.9. The van der Waals surface area contributed by atoms with Crippen molar-refractivity contribution in [3.05, 3.63) is 46.1 Å². The molecule has 0 spiro atoms. The number of halogens is 1. The van der Waals surface area contributed by atoms with Crippen LogP contribution in [-0.2, 0) is 22.9 Å². The van der Waals surface area contributed by atoms with Crippen molar-refractivity contribution in [1.82, 2.24) is 14.5 Å². The Morgan fingerprint density at radius 3 is 2.52 bits per heavy atom. The number of nitrogens with zero attached hydrogens (tertiary/aromatic N) is 4. The van der Waals surface area contributed by atoms with E-state index in [1.165, 1.54) is 5.56 Å². The molecule has 0 saturated carbocycles. The van der Waals surface area contributed by atoms with E-state index in [1.54, 1.807) is 22.5 Å². The fraction of sp³-hybridized carbons (Fsp3) is 0.412. The second-order valence-corrected chi connectivity index (χ2v) is 9.11. The fourth-order valence-corrected chi connectivity index (χ4v) is 5.81. The van der Waals surface area contributed by atoms with Crippen LogP contribution in [0.3, 0.4) is 0 Å². The van der Waals surface area contributed by atoms with Crippen LogP contribution in [0, 0.1) is 0 Å². The van der Waals surface area contributed by atoms with Gasteiger partial charge in [-0.15, -0.1) is 5.10 Å². The summed E-state index contributed by atoms with van der Waals surface area (Å²) >= 11 is 3.34. The number of anilines is 1. The second-order valence-electron chi connectivity index (χ2n) is 6.35. The molecule has 25 heavy (non-hydrogen) atoms. The lowest BCUT2D eigenvalue weighted by atomic mass is 10.2. The molecule has 1 aromatic carbocycles. The van der Waals surface area contributed by atoms with Gasteiger partial charge in [-0.1, -0.05) is 12.1 Å². The number of fused-ring (bicyclic) bond motifs is 1. The minimum atomic E-state index is -3.48. The molecular weight excluding hydrogens is 404 g/mol. The van der Waals surface area contributed by atoms with Crippen LogP contribution in [0.1, 0.15) is 17.7 Å². The number of hydrogen-bond acceptors (Lipinski definition) is 5. The molecule has 1 aliphatic heterocycles. The van der Waals surface area contributed by atoms with Gasteiger partial charge >= 0.3 is 0 Å². The van der Waals surface area contributed by atoms with E-state index >= 15 is 0 Å². The van der Waals surface area contributed by atoms with Crippen molar-refractivity contribution in [3.63, 3.8) is 0 Å². The van der Waals surface area contributed by atoms with E-state index < -0.39 is 10.0 Å². The van der Waals surface area contributed by atoms with Crippen molar-refractivity contribution in [2.24, 2.45) is 0 Å². The molecule has 0 radical (unpaired) electrons. The highest BCUT2D eigenvalue weighted by atomic mass is 79.9. The first-order valence-electron chi connectivity index (χ1n) is 8.41. The Morgan fingerprint density at radius 2 is 1.76 bits per heavy atom. The van der Waals surface area contributed by atoms with Crippen LogP contribution >= 0.6 is 15.9 Å². The lowest BCUT2D eigenvalue weighted by Gasteiger charge is -2.34. The van der Waals surface area contributed by atoms with Crippen LogP contribution < -0.4 is 4.90 Å². The number of benzene rings is 1. The molecule has 1 fully saturated rings. The normalized spacial score (nSPS) is 18.4. The number of hydrogen-bond donors (Lipinski definition) is 0. The Kier molecular flexibility index (Phi) is 4.51. The summed E-state index contributed by atoms with van der Waals surface area (Å²) in [6.07, 6.45) is 3.22. The molecule has 1 saturated heterocycles. The predicted molar refractivity (Wildman–Crippen MR) is 99.2 cm³/mol. The Balaban J connectivity index is 1.49. The third-order valence-corrected chi connectivity index (χ3v) is 7.73. The smallest absolute Gasteiger partial charge is 0.244 e. The first-order chi connectivity index (χ1) is 12.1. The maximum absolute atomic E-state index is 12.9. The standard InChI is InChI=1S/C17H19BrN4O2S/c18-14-5-1-2-7-16(14)25(23,24)22-10-8-21(9-11-22)17-12-13-4-3-6-15(13)19-20-17/h1-2,5,7,12H,3-4,6,8-11H2. The van der Waals surface area contributed by atoms with Gasteiger partial charge in [0.25, 0.3) is 0 Å². The maximum atomic E-state index is 12.9. The maximum Gasteiger partial charge on any atom is 0.244 e. The van der Waals surface area contributed by atoms with Crippen LogP contribution in [0.25, 0.3) is 0 Å².